The minimum atomic E-state index is -0.238. The van der Waals surface area contributed by atoms with Gasteiger partial charge in [-0.3, -0.25) is 0 Å². The van der Waals surface area contributed by atoms with Crippen molar-refractivity contribution in [2.45, 2.75) is 19.4 Å². The molecule has 2 rings (SSSR count). The molecule has 0 saturated carbocycles. The number of β-amino-alcohol motifs (C(OH)–C–C–N with tert-alkyl or cyclic N) is 1. The molecule has 1 aliphatic heterocycles. The summed E-state index contributed by atoms with van der Waals surface area (Å²) >= 11 is 0. The SMILES string of the molecule is CC1CCN(c2ccccc2N)CC1O. The average molecular weight is 206 g/mol. The lowest BCUT2D eigenvalue weighted by Gasteiger charge is -2.36. The number of anilines is 2. The van der Waals surface area contributed by atoms with Gasteiger partial charge in [-0.25, -0.2) is 0 Å². The normalized spacial score (nSPS) is 26.7. The molecular weight excluding hydrogens is 188 g/mol. The summed E-state index contributed by atoms with van der Waals surface area (Å²) in [4.78, 5) is 2.17. The van der Waals surface area contributed by atoms with E-state index < -0.39 is 0 Å². The molecule has 15 heavy (non-hydrogen) atoms. The highest BCUT2D eigenvalue weighted by atomic mass is 16.3. The Labute approximate surface area is 90.5 Å². The van der Waals surface area contributed by atoms with Gasteiger partial charge in [-0.15, -0.1) is 0 Å². The van der Waals surface area contributed by atoms with Crippen molar-refractivity contribution in [2.24, 2.45) is 5.92 Å². The number of rotatable bonds is 1. The van der Waals surface area contributed by atoms with Crippen LogP contribution in [0.2, 0.25) is 0 Å². The van der Waals surface area contributed by atoms with Crippen LogP contribution in [0.4, 0.5) is 11.4 Å². The van der Waals surface area contributed by atoms with E-state index in [-0.39, 0.29) is 6.10 Å². The van der Waals surface area contributed by atoms with Gasteiger partial charge >= 0.3 is 0 Å². The second-order valence-electron chi connectivity index (χ2n) is 4.34. The van der Waals surface area contributed by atoms with E-state index >= 15 is 0 Å². The van der Waals surface area contributed by atoms with E-state index in [0.717, 1.165) is 24.3 Å². The van der Waals surface area contributed by atoms with E-state index in [2.05, 4.69) is 11.8 Å². The number of nitrogens with zero attached hydrogens (tertiary/aromatic N) is 1. The van der Waals surface area contributed by atoms with E-state index in [1.165, 1.54) is 0 Å². The number of piperidine rings is 1. The number of hydrogen-bond donors (Lipinski definition) is 2. The Hall–Kier alpha value is -1.22. The third kappa shape index (κ3) is 2.07. The van der Waals surface area contributed by atoms with Gasteiger partial charge in [0.15, 0.2) is 0 Å². The molecule has 0 spiro atoms. The highest BCUT2D eigenvalue weighted by molar-refractivity contribution is 5.67. The Morgan fingerprint density at radius 2 is 2.13 bits per heavy atom. The highest BCUT2D eigenvalue weighted by Gasteiger charge is 2.24. The molecule has 0 aliphatic carbocycles. The molecule has 1 aromatic rings. The van der Waals surface area contributed by atoms with Crippen LogP contribution in [-0.4, -0.2) is 24.3 Å². The molecule has 3 nitrogen and oxygen atoms in total. The fraction of sp³-hybridized carbons (Fsp3) is 0.500. The maximum atomic E-state index is 9.82. The summed E-state index contributed by atoms with van der Waals surface area (Å²) in [5.41, 5.74) is 7.74. The first-order valence-corrected chi connectivity index (χ1v) is 5.46. The molecule has 1 saturated heterocycles. The molecule has 0 bridgehead atoms. The van der Waals surface area contributed by atoms with Gasteiger partial charge in [-0.2, -0.15) is 0 Å². The van der Waals surface area contributed by atoms with Crippen molar-refractivity contribution >= 4 is 11.4 Å². The summed E-state index contributed by atoms with van der Waals surface area (Å²) in [6.07, 6.45) is 0.786. The molecule has 1 aliphatic rings. The smallest absolute Gasteiger partial charge is 0.0741 e. The minimum absolute atomic E-state index is 0.238. The minimum Gasteiger partial charge on any atom is -0.397 e. The summed E-state index contributed by atoms with van der Waals surface area (Å²) in [5, 5.41) is 9.82. The van der Waals surface area contributed by atoms with E-state index in [4.69, 9.17) is 5.73 Å². The number of aliphatic hydroxyl groups excluding tert-OH is 1. The Balaban J connectivity index is 2.15. The molecule has 0 amide bonds. The number of benzene rings is 1. The van der Waals surface area contributed by atoms with E-state index in [1.54, 1.807) is 0 Å². The molecule has 1 fully saturated rings. The van der Waals surface area contributed by atoms with Crippen LogP contribution in [0.1, 0.15) is 13.3 Å². The van der Waals surface area contributed by atoms with E-state index in [9.17, 15) is 5.11 Å². The maximum absolute atomic E-state index is 9.82. The molecule has 2 unspecified atom stereocenters. The molecule has 82 valence electrons. The first-order valence-electron chi connectivity index (χ1n) is 5.46. The number of para-hydroxylation sites is 2. The van der Waals surface area contributed by atoms with Crippen LogP contribution < -0.4 is 10.6 Å². The highest BCUT2D eigenvalue weighted by Crippen LogP contribution is 2.27. The zero-order chi connectivity index (χ0) is 10.8. The van der Waals surface area contributed by atoms with Crippen molar-refractivity contribution in [1.82, 2.24) is 0 Å². The maximum Gasteiger partial charge on any atom is 0.0741 e. The Kier molecular flexibility index (Phi) is 2.82. The lowest BCUT2D eigenvalue weighted by atomic mass is 9.95. The number of nitrogens with two attached hydrogens (primary N) is 1. The lowest BCUT2D eigenvalue weighted by molar-refractivity contribution is 0.103. The van der Waals surface area contributed by atoms with Crippen LogP contribution in [0.15, 0.2) is 24.3 Å². The molecule has 2 atom stereocenters. The lowest BCUT2D eigenvalue weighted by Crippen LogP contribution is -2.43. The number of aliphatic hydroxyl groups is 1. The first kappa shape index (κ1) is 10.3. The van der Waals surface area contributed by atoms with Gasteiger partial charge in [0, 0.05) is 13.1 Å². The largest absolute Gasteiger partial charge is 0.397 e. The zero-order valence-electron chi connectivity index (χ0n) is 9.06. The Morgan fingerprint density at radius 1 is 1.40 bits per heavy atom. The molecule has 1 aromatic carbocycles. The third-order valence-corrected chi connectivity index (χ3v) is 3.20. The first-order chi connectivity index (χ1) is 7.18. The summed E-state index contributed by atoms with van der Waals surface area (Å²) in [7, 11) is 0. The number of hydrogen-bond acceptors (Lipinski definition) is 3. The molecule has 1 heterocycles. The zero-order valence-corrected chi connectivity index (χ0v) is 9.06. The summed E-state index contributed by atoms with van der Waals surface area (Å²) in [6.45, 7) is 3.76. The number of nitrogen functional groups attached to an aromatic ring is 1. The van der Waals surface area contributed by atoms with Gasteiger partial charge < -0.3 is 15.7 Å². The van der Waals surface area contributed by atoms with Crippen LogP contribution in [0.25, 0.3) is 0 Å². The molecular formula is C12H18N2O. The van der Waals surface area contributed by atoms with Crippen LogP contribution in [0, 0.1) is 5.92 Å². The second kappa shape index (κ2) is 4.11. The van der Waals surface area contributed by atoms with E-state index in [0.29, 0.717) is 12.5 Å². The fourth-order valence-electron chi connectivity index (χ4n) is 2.04. The van der Waals surface area contributed by atoms with Crippen molar-refractivity contribution in [3.05, 3.63) is 24.3 Å². The van der Waals surface area contributed by atoms with Gasteiger partial charge in [0.25, 0.3) is 0 Å². The van der Waals surface area contributed by atoms with Crippen molar-refractivity contribution in [3.63, 3.8) is 0 Å². The molecule has 0 aromatic heterocycles. The van der Waals surface area contributed by atoms with Crippen molar-refractivity contribution in [2.75, 3.05) is 23.7 Å². The van der Waals surface area contributed by atoms with Gasteiger partial charge in [-0.05, 0) is 24.5 Å². The van der Waals surface area contributed by atoms with Crippen LogP contribution in [0.3, 0.4) is 0 Å². The van der Waals surface area contributed by atoms with Crippen LogP contribution in [-0.2, 0) is 0 Å². The van der Waals surface area contributed by atoms with Crippen LogP contribution >= 0.6 is 0 Å². The second-order valence-corrected chi connectivity index (χ2v) is 4.34. The topological polar surface area (TPSA) is 49.5 Å². The van der Waals surface area contributed by atoms with Crippen molar-refractivity contribution in [3.8, 4) is 0 Å². The summed E-state index contributed by atoms with van der Waals surface area (Å²) in [6, 6.07) is 7.83. The molecule has 0 radical (unpaired) electrons. The fourth-order valence-corrected chi connectivity index (χ4v) is 2.04. The molecule has 3 heteroatoms. The third-order valence-electron chi connectivity index (χ3n) is 3.20. The predicted octanol–water partition coefficient (Wildman–Crippen LogP) is 1.48. The van der Waals surface area contributed by atoms with Gasteiger partial charge in [0.2, 0.25) is 0 Å². The predicted molar refractivity (Wildman–Crippen MR) is 62.9 cm³/mol. The van der Waals surface area contributed by atoms with Crippen molar-refractivity contribution in [1.29, 1.82) is 0 Å². The Morgan fingerprint density at radius 3 is 2.80 bits per heavy atom. The van der Waals surface area contributed by atoms with Crippen molar-refractivity contribution < 1.29 is 5.11 Å². The van der Waals surface area contributed by atoms with Gasteiger partial charge in [0.05, 0.1) is 17.5 Å². The van der Waals surface area contributed by atoms with E-state index in [1.807, 2.05) is 24.3 Å². The Bertz CT molecular complexity index is 340. The summed E-state index contributed by atoms with van der Waals surface area (Å²) < 4.78 is 0. The molecule has 3 N–H and O–H groups in total. The van der Waals surface area contributed by atoms with Gasteiger partial charge in [-0.1, -0.05) is 19.1 Å². The standard InChI is InChI=1S/C12H18N2O/c1-9-6-7-14(8-12(9)15)11-5-3-2-4-10(11)13/h2-5,9,12,15H,6-8,13H2,1H3. The summed E-state index contributed by atoms with van der Waals surface area (Å²) in [5.74, 6) is 0.395. The quantitative estimate of drug-likeness (QED) is 0.684. The average Bonchev–Trinajstić information content (AvgIpc) is 2.23. The van der Waals surface area contributed by atoms with Gasteiger partial charge in [0.1, 0.15) is 0 Å². The van der Waals surface area contributed by atoms with Crippen LogP contribution in [0.5, 0.6) is 0 Å². The monoisotopic (exact) mass is 206 g/mol.